The molecule has 1 aromatic heterocycles. The van der Waals surface area contributed by atoms with Gasteiger partial charge in [-0.3, -0.25) is 9.69 Å². The van der Waals surface area contributed by atoms with E-state index < -0.39 is 0 Å². The minimum Gasteiger partial charge on any atom is -0.395 e. The molecule has 1 aliphatic heterocycles. The molecule has 0 aliphatic carbocycles. The molecule has 1 unspecified atom stereocenters. The maximum atomic E-state index is 11.9. The molecule has 2 atom stereocenters. The number of carbonyl (C=O) groups is 1. The maximum Gasteiger partial charge on any atom is 0.234 e. The molecular formula is C13H20N2O2S. The minimum atomic E-state index is 0.0382. The van der Waals surface area contributed by atoms with Gasteiger partial charge in [-0.15, -0.1) is 11.3 Å². The zero-order valence-corrected chi connectivity index (χ0v) is 11.4. The standard InChI is InChI=1S/C13H20N2O2S/c1-10(12-5-3-7-18-12)14-13(17)8-15-6-2-4-11(15)9-16/h3,5,7,10-11,16H,2,4,6,8-9H2,1H3,(H,14,17)/t10?,11-/m1/s1. The predicted octanol–water partition coefficient (Wildman–Crippen LogP) is 1.38. The van der Waals surface area contributed by atoms with Gasteiger partial charge in [-0.25, -0.2) is 0 Å². The van der Waals surface area contributed by atoms with Crippen molar-refractivity contribution in [1.29, 1.82) is 0 Å². The van der Waals surface area contributed by atoms with Crippen LogP contribution in [0.25, 0.3) is 0 Å². The van der Waals surface area contributed by atoms with Crippen molar-refractivity contribution in [2.24, 2.45) is 0 Å². The molecule has 18 heavy (non-hydrogen) atoms. The molecule has 2 heterocycles. The van der Waals surface area contributed by atoms with E-state index in [1.807, 2.05) is 24.4 Å². The first-order valence-corrected chi connectivity index (χ1v) is 7.26. The number of hydrogen-bond donors (Lipinski definition) is 2. The molecule has 5 heteroatoms. The molecule has 1 amide bonds. The van der Waals surface area contributed by atoms with Gasteiger partial charge < -0.3 is 10.4 Å². The molecule has 2 N–H and O–H groups in total. The summed E-state index contributed by atoms with van der Waals surface area (Å²) in [4.78, 5) is 15.2. The second-order valence-corrected chi connectivity index (χ2v) is 5.73. The molecule has 2 rings (SSSR count). The molecule has 0 aromatic carbocycles. The number of aliphatic hydroxyl groups is 1. The van der Waals surface area contributed by atoms with E-state index in [4.69, 9.17) is 0 Å². The van der Waals surface area contributed by atoms with Crippen molar-refractivity contribution in [2.75, 3.05) is 19.7 Å². The third kappa shape index (κ3) is 3.31. The Bertz CT molecular complexity index is 380. The first kappa shape index (κ1) is 13.5. The van der Waals surface area contributed by atoms with Crippen LogP contribution in [0.15, 0.2) is 17.5 Å². The molecule has 100 valence electrons. The van der Waals surface area contributed by atoms with Gasteiger partial charge >= 0.3 is 0 Å². The number of rotatable bonds is 5. The van der Waals surface area contributed by atoms with Crippen molar-refractivity contribution in [3.63, 3.8) is 0 Å². The average Bonchev–Trinajstić information content (AvgIpc) is 2.98. The van der Waals surface area contributed by atoms with Crippen LogP contribution in [0, 0.1) is 0 Å². The molecule has 1 saturated heterocycles. The van der Waals surface area contributed by atoms with Crippen molar-refractivity contribution >= 4 is 17.2 Å². The monoisotopic (exact) mass is 268 g/mol. The SMILES string of the molecule is CC(NC(=O)CN1CCC[C@@H]1CO)c1cccs1. The van der Waals surface area contributed by atoms with E-state index in [2.05, 4.69) is 10.2 Å². The molecule has 0 bridgehead atoms. The number of nitrogens with zero attached hydrogens (tertiary/aromatic N) is 1. The Kier molecular flexibility index (Phi) is 4.74. The van der Waals surface area contributed by atoms with Gasteiger partial charge in [0.25, 0.3) is 0 Å². The van der Waals surface area contributed by atoms with E-state index in [1.54, 1.807) is 11.3 Å². The highest BCUT2D eigenvalue weighted by Crippen LogP contribution is 2.19. The second-order valence-electron chi connectivity index (χ2n) is 4.75. The van der Waals surface area contributed by atoms with Crippen molar-refractivity contribution in [3.05, 3.63) is 22.4 Å². The van der Waals surface area contributed by atoms with E-state index in [0.29, 0.717) is 6.54 Å². The van der Waals surface area contributed by atoms with Gasteiger partial charge in [0, 0.05) is 10.9 Å². The number of likely N-dealkylation sites (tertiary alicyclic amines) is 1. The van der Waals surface area contributed by atoms with Gasteiger partial charge in [-0.05, 0) is 37.8 Å². The highest BCUT2D eigenvalue weighted by atomic mass is 32.1. The normalized spacial score (nSPS) is 22.0. The quantitative estimate of drug-likeness (QED) is 0.848. The van der Waals surface area contributed by atoms with Crippen LogP contribution < -0.4 is 5.32 Å². The fourth-order valence-electron chi connectivity index (χ4n) is 2.39. The number of thiophene rings is 1. The van der Waals surface area contributed by atoms with Crippen molar-refractivity contribution in [2.45, 2.75) is 31.8 Å². The maximum absolute atomic E-state index is 11.9. The number of aliphatic hydroxyl groups excluding tert-OH is 1. The lowest BCUT2D eigenvalue weighted by Gasteiger charge is -2.23. The zero-order valence-electron chi connectivity index (χ0n) is 10.6. The third-order valence-electron chi connectivity index (χ3n) is 3.40. The Morgan fingerprint density at radius 1 is 1.72 bits per heavy atom. The zero-order chi connectivity index (χ0) is 13.0. The van der Waals surface area contributed by atoms with Crippen LogP contribution in [-0.4, -0.2) is 41.7 Å². The second kappa shape index (κ2) is 6.31. The van der Waals surface area contributed by atoms with E-state index in [-0.39, 0.29) is 24.6 Å². The summed E-state index contributed by atoms with van der Waals surface area (Å²) in [5.74, 6) is 0.0382. The molecule has 1 fully saturated rings. The Morgan fingerprint density at radius 2 is 2.56 bits per heavy atom. The summed E-state index contributed by atoms with van der Waals surface area (Å²) < 4.78 is 0. The van der Waals surface area contributed by atoms with Crippen LogP contribution >= 0.6 is 11.3 Å². The summed E-state index contributed by atoms with van der Waals surface area (Å²) >= 11 is 1.65. The van der Waals surface area contributed by atoms with E-state index in [9.17, 15) is 9.90 Å². The lowest BCUT2D eigenvalue weighted by atomic mass is 10.2. The summed E-state index contributed by atoms with van der Waals surface area (Å²) in [5.41, 5.74) is 0. The highest BCUT2D eigenvalue weighted by molar-refractivity contribution is 7.10. The first-order valence-electron chi connectivity index (χ1n) is 6.38. The summed E-state index contributed by atoms with van der Waals surface area (Å²) in [6.45, 7) is 3.44. The van der Waals surface area contributed by atoms with Gasteiger partial charge in [0.05, 0.1) is 19.2 Å². The Morgan fingerprint density at radius 3 is 3.22 bits per heavy atom. The molecule has 1 aromatic rings. The highest BCUT2D eigenvalue weighted by Gasteiger charge is 2.25. The van der Waals surface area contributed by atoms with Gasteiger partial charge in [0.15, 0.2) is 0 Å². The number of nitrogens with one attached hydrogen (secondary N) is 1. The summed E-state index contributed by atoms with van der Waals surface area (Å²) in [7, 11) is 0. The molecule has 0 radical (unpaired) electrons. The van der Waals surface area contributed by atoms with Crippen LogP contribution in [0.2, 0.25) is 0 Å². The van der Waals surface area contributed by atoms with Gasteiger partial charge in [-0.1, -0.05) is 6.07 Å². The van der Waals surface area contributed by atoms with Gasteiger partial charge in [-0.2, -0.15) is 0 Å². The predicted molar refractivity (Wildman–Crippen MR) is 72.6 cm³/mol. The van der Waals surface area contributed by atoms with Crippen molar-refractivity contribution in [1.82, 2.24) is 10.2 Å². The van der Waals surface area contributed by atoms with Crippen LogP contribution in [0.1, 0.15) is 30.7 Å². The Hall–Kier alpha value is -0.910. The van der Waals surface area contributed by atoms with Crippen LogP contribution in [0.5, 0.6) is 0 Å². The Balaban J connectivity index is 1.81. The third-order valence-corrected chi connectivity index (χ3v) is 4.46. The first-order chi connectivity index (χ1) is 8.70. The molecule has 0 saturated carbocycles. The van der Waals surface area contributed by atoms with E-state index >= 15 is 0 Å². The topological polar surface area (TPSA) is 52.6 Å². The van der Waals surface area contributed by atoms with Gasteiger partial charge in [0.2, 0.25) is 5.91 Å². The minimum absolute atomic E-state index is 0.0382. The van der Waals surface area contributed by atoms with E-state index in [0.717, 1.165) is 19.4 Å². The number of amides is 1. The number of hydrogen-bond acceptors (Lipinski definition) is 4. The van der Waals surface area contributed by atoms with Crippen LogP contribution in [-0.2, 0) is 4.79 Å². The van der Waals surface area contributed by atoms with Gasteiger partial charge in [0.1, 0.15) is 0 Å². The van der Waals surface area contributed by atoms with Crippen molar-refractivity contribution < 1.29 is 9.90 Å². The Labute approximate surface area is 112 Å². The fraction of sp³-hybridized carbons (Fsp3) is 0.615. The molecular weight excluding hydrogens is 248 g/mol. The summed E-state index contributed by atoms with van der Waals surface area (Å²) in [6.07, 6.45) is 2.06. The molecule has 1 aliphatic rings. The molecule has 0 spiro atoms. The average molecular weight is 268 g/mol. The fourth-order valence-corrected chi connectivity index (χ4v) is 3.12. The van der Waals surface area contributed by atoms with Crippen molar-refractivity contribution in [3.8, 4) is 0 Å². The number of carbonyl (C=O) groups excluding carboxylic acids is 1. The molecule has 4 nitrogen and oxygen atoms in total. The lowest BCUT2D eigenvalue weighted by Crippen LogP contribution is -2.41. The van der Waals surface area contributed by atoms with Crippen LogP contribution in [0.4, 0.5) is 0 Å². The van der Waals surface area contributed by atoms with E-state index in [1.165, 1.54) is 4.88 Å². The van der Waals surface area contributed by atoms with Crippen LogP contribution in [0.3, 0.4) is 0 Å². The largest absolute Gasteiger partial charge is 0.395 e. The summed E-state index contributed by atoms with van der Waals surface area (Å²) in [6, 6.07) is 4.24. The smallest absolute Gasteiger partial charge is 0.234 e. The lowest BCUT2D eigenvalue weighted by molar-refractivity contribution is -0.123. The summed E-state index contributed by atoms with van der Waals surface area (Å²) in [5, 5.41) is 14.2.